The highest BCUT2D eigenvalue weighted by molar-refractivity contribution is 7.87. The molecule has 0 saturated carbocycles. The van der Waals surface area contributed by atoms with E-state index < -0.39 is 86.0 Å². The largest absolute Gasteiger partial charge is 0.503 e. The molecule has 0 spiro atoms. The normalized spacial score (nSPS) is 17.8. The summed E-state index contributed by atoms with van der Waals surface area (Å²) in [7, 11) is -9.80. The molecule has 1 saturated heterocycles. The minimum atomic E-state index is -5.24. The molecule has 2 amide bonds. The molecular formula is C19H24N8O13S3. The van der Waals surface area contributed by atoms with Crippen molar-refractivity contribution < 1.29 is 56.0 Å². The van der Waals surface area contributed by atoms with E-state index in [4.69, 9.17) is 10.6 Å². The lowest BCUT2D eigenvalue weighted by Gasteiger charge is -2.44. The molecule has 1 fully saturated rings. The first-order chi connectivity index (χ1) is 19.7. The van der Waals surface area contributed by atoms with Gasteiger partial charge in [-0.3, -0.25) is 18.9 Å². The average Bonchev–Trinajstić information content (AvgIpc) is 3.31. The van der Waals surface area contributed by atoms with Gasteiger partial charge in [0, 0.05) is 18.0 Å². The number of aromatic hydroxyl groups is 1. The van der Waals surface area contributed by atoms with Gasteiger partial charge in [0.15, 0.2) is 16.6 Å². The number of nitrogens with two attached hydrogens (primary N) is 1. The number of carboxylic acids is 1. The van der Waals surface area contributed by atoms with Crippen LogP contribution in [-0.4, -0.2) is 98.6 Å². The van der Waals surface area contributed by atoms with Gasteiger partial charge in [-0.1, -0.05) is 5.16 Å². The number of nitrogens with one attached hydrogen (secondary N) is 3. The number of thiazole rings is 1. The van der Waals surface area contributed by atoms with Crippen molar-refractivity contribution in [2.75, 3.05) is 12.3 Å². The summed E-state index contributed by atoms with van der Waals surface area (Å²) in [6.45, 7) is 0.615. The molecule has 0 aliphatic carbocycles. The minimum absolute atomic E-state index is 0.0319. The fourth-order valence-electron chi connectivity index (χ4n) is 3.27. The number of carbonyl (C=O) groups is 3. The van der Waals surface area contributed by atoms with Crippen molar-refractivity contribution in [3.8, 4) is 5.75 Å². The molecular weight excluding hydrogens is 644 g/mol. The number of pyridine rings is 1. The van der Waals surface area contributed by atoms with Crippen molar-refractivity contribution in [2.24, 2.45) is 5.16 Å². The summed E-state index contributed by atoms with van der Waals surface area (Å²) in [6.07, 6.45) is 0.613. The monoisotopic (exact) mass is 668 g/mol. The van der Waals surface area contributed by atoms with Gasteiger partial charge in [-0.2, -0.15) is 26.3 Å². The second-order valence-electron chi connectivity index (χ2n) is 9.08. The first-order valence-corrected chi connectivity index (χ1v) is 15.2. The van der Waals surface area contributed by atoms with Crippen LogP contribution in [0.2, 0.25) is 0 Å². The number of β-lactam (4-membered cyclic amide) rings is 1. The highest BCUT2D eigenvalue weighted by Gasteiger charge is 2.54. The predicted octanol–water partition coefficient (Wildman–Crippen LogP) is -3.46. The average molecular weight is 669 g/mol. The number of anilines is 1. The lowest BCUT2D eigenvalue weighted by Crippen LogP contribution is -2.74. The third kappa shape index (κ3) is 7.73. The predicted molar refractivity (Wildman–Crippen MR) is 143 cm³/mol. The van der Waals surface area contributed by atoms with E-state index in [-0.39, 0.29) is 25.6 Å². The summed E-state index contributed by atoms with van der Waals surface area (Å²) in [6, 6.07) is -2.78. The molecule has 9 N–H and O–H groups in total. The van der Waals surface area contributed by atoms with Crippen molar-refractivity contribution in [1.29, 1.82) is 0 Å². The SMILES string of the molecule is CC(C)(O/N=C(\C(=O)N[C@@H]1C(=O)N(S(=O)(=O)O)[C@@H]1CNS(=O)(=O)NCc1cc(=O)c(O)cn1O)c1csc(N)n1)C(=O)O. The Balaban J connectivity index is 1.80. The summed E-state index contributed by atoms with van der Waals surface area (Å²) in [5.74, 6) is -4.88. The van der Waals surface area contributed by atoms with Gasteiger partial charge in [0.05, 0.1) is 24.5 Å². The molecule has 0 unspecified atom stereocenters. The fraction of sp³-hybridized carbons (Fsp3) is 0.368. The van der Waals surface area contributed by atoms with Crippen LogP contribution >= 0.6 is 11.3 Å². The van der Waals surface area contributed by atoms with Crippen molar-refractivity contribution in [1.82, 2.24) is 28.8 Å². The van der Waals surface area contributed by atoms with Crippen LogP contribution in [0.15, 0.2) is 27.6 Å². The maximum Gasteiger partial charge on any atom is 0.362 e. The first kappa shape index (κ1) is 33.1. The number of carboxylic acid groups (broad SMARTS) is 1. The molecule has 0 aromatic carbocycles. The van der Waals surface area contributed by atoms with E-state index in [9.17, 15) is 56.0 Å². The van der Waals surface area contributed by atoms with Gasteiger partial charge in [-0.05, 0) is 13.8 Å². The van der Waals surface area contributed by atoms with E-state index >= 15 is 0 Å². The van der Waals surface area contributed by atoms with E-state index in [1.54, 1.807) is 0 Å². The first-order valence-electron chi connectivity index (χ1n) is 11.4. The van der Waals surface area contributed by atoms with Crippen LogP contribution in [0.5, 0.6) is 5.75 Å². The van der Waals surface area contributed by atoms with E-state index in [1.165, 1.54) is 5.38 Å². The Kier molecular flexibility index (Phi) is 9.32. The van der Waals surface area contributed by atoms with Gasteiger partial charge < -0.3 is 31.3 Å². The lowest BCUT2D eigenvalue weighted by molar-refractivity contribution is -0.161. The lowest BCUT2D eigenvalue weighted by atomic mass is 9.98. The zero-order valence-electron chi connectivity index (χ0n) is 21.9. The Morgan fingerprint density at radius 3 is 2.44 bits per heavy atom. The number of carbonyl (C=O) groups excluding carboxylic acids is 2. The highest BCUT2D eigenvalue weighted by Crippen LogP contribution is 2.24. The maximum absolute atomic E-state index is 13.1. The van der Waals surface area contributed by atoms with Crippen molar-refractivity contribution in [2.45, 2.75) is 38.1 Å². The second-order valence-corrected chi connectivity index (χ2v) is 12.8. The summed E-state index contributed by atoms with van der Waals surface area (Å²) in [4.78, 5) is 57.4. The molecule has 0 bridgehead atoms. The molecule has 3 heterocycles. The molecule has 24 heteroatoms. The van der Waals surface area contributed by atoms with Crippen LogP contribution in [-0.2, 0) is 46.3 Å². The number of nitrogen functional groups attached to an aromatic ring is 1. The van der Waals surface area contributed by atoms with E-state index in [1.807, 2.05) is 9.44 Å². The summed E-state index contributed by atoms with van der Waals surface area (Å²) in [5.41, 5.74) is 1.53. The Morgan fingerprint density at radius 2 is 1.88 bits per heavy atom. The molecule has 1 aliphatic heterocycles. The standard InChI is InChI=1S/C19H24N8O13S3/c1-19(2,17(32)33)40-25-13(9-7-41-18(20)23-9)15(30)24-14-10(27(16(14)31)43(37,38)39)5-22-42(35,36)21-4-8-3-11(28)12(29)6-26(8)34/h3,6-7,10,14,21-22,29,34H,4-5H2,1-2H3,(H2,20,23)(H,24,30)(H,32,33)(H,37,38,39)/b25-13-/t10-,14+/m1/s1. The van der Waals surface area contributed by atoms with Crippen molar-refractivity contribution in [3.63, 3.8) is 0 Å². The quantitative estimate of drug-likeness (QED) is 0.0338. The molecule has 2 aromatic heterocycles. The fourth-order valence-corrected chi connectivity index (χ4v) is 5.53. The second kappa shape index (κ2) is 12.1. The zero-order chi connectivity index (χ0) is 32.5. The number of nitrogens with zero attached hydrogens (tertiary/aromatic N) is 4. The van der Waals surface area contributed by atoms with Crippen LogP contribution in [0.3, 0.4) is 0 Å². The Morgan fingerprint density at radius 1 is 1.23 bits per heavy atom. The third-order valence-corrected chi connectivity index (χ3v) is 8.27. The van der Waals surface area contributed by atoms with E-state index in [0.717, 1.165) is 31.3 Å². The number of oxime groups is 1. The van der Waals surface area contributed by atoms with Gasteiger partial charge in [0.1, 0.15) is 11.7 Å². The van der Waals surface area contributed by atoms with Gasteiger partial charge in [0.25, 0.3) is 22.0 Å². The number of aliphatic carboxylic acids is 1. The summed E-state index contributed by atoms with van der Waals surface area (Å²) in [5, 5.41) is 35.1. The molecule has 21 nitrogen and oxygen atoms in total. The molecule has 0 radical (unpaired) electrons. The Hall–Kier alpha value is -4.36. The van der Waals surface area contributed by atoms with Gasteiger partial charge in [0.2, 0.25) is 11.0 Å². The van der Waals surface area contributed by atoms with Gasteiger partial charge in [-0.15, -0.1) is 11.3 Å². The van der Waals surface area contributed by atoms with E-state index in [0.29, 0.717) is 6.20 Å². The van der Waals surface area contributed by atoms with Crippen LogP contribution in [0, 0.1) is 0 Å². The van der Waals surface area contributed by atoms with Crippen LogP contribution in [0.25, 0.3) is 0 Å². The van der Waals surface area contributed by atoms with Crippen molar-refractivity contribution in [3.05, 3.63) is 39.3 Å². The van der Waals surface area contributed by atoms with Crippen molar-refractivity contribution >= 4 is 60.5 Å². The molecule has 236 valence electrons. The highest BCUT2D eigenvalue weighted by atomic mass is 32.2. The third-order valence-electron chi connectivity index (χ3n) is 5.58. The molecule has 2 atom stereocenters. The molecule has 1 aliphatic rings. The van der Waals surface area contributed by atoms with Crippen LogP contribution in [0.1, 0.15) is 25.2 Å². The van der Waals surface area contributed by atoms with Gasteiger partial charge in [-0.25, -0.2) is 18.8 Å². The number of hydrogen-bond acceptors (Lipinski definition) is 15. The molecule has 2 aromatic rings. The summed E-state index contributed by atoms with van der Waals surface area (Å²) < 4.78 is 62.0. The smallest absolute Gasteiger partial charge is 0.362 e. The number of amides is 2. The number of rotatable bonds is 13. The Labute approximate surface area is 245 Å². The molecule has 3 rings (SSSR count). The van der Waals surface area contributed by atoms with Crippen LogP contribution in [0.4, 0.5) is 5.13 Å². The van der Waals surface area contributed by atoms with E-state index in [2.05, 4.69) is 15.5 Å². The maximum atomic E-state index is 13.1. The zero-order valence-corrected chi connectivity index (χ0v) is 24.3. The number of aromatic nitrogens is 2. The summed E-state index contributed by atoms with van der Waals surface area (Å²) >= 11 is 0.865. The topological polar surface area (TPSA) is 322 Å². The van der Waals surface area contributed by atoms with Crippen LogP contribution < -0.4 is 25.9 Å². The molecule has 43 heavy (non-hydrogen) atoms. The number of hydrogen-bond donors (Lipinski definition) is 8. The Bertz CT molecular complexity index is 1750. The minimum Gasteiger partial charge on any atom is -0.503 e. The van der Waals surface area contributed by atoms with Gasteiger partial charge >= 0.3 is 16.3 Å².